The lowest BCUT2D eigenvalue weighted by atomic mass is 10.1. The summed E-state index contributed by atoms with van der Waals surface area (Å²) in [6.07, 6.45) is 1.55. The Labute approximate surface area is 137 Å². The van der Waals surface area contributed by atoms with E-state index >= 15 is 0 Å². The third kappa shape index (κ3) is 3.79. The topological polar surface area (TPSA) is 112 Å². The van der Waals surface area contributed by atoms with Crippen molar-refractivity contribution >= 4 is 29.4 Å². The first kappa shape index (κ1) is 17.2. The highest BCUT2D eigenvalue weighted by Gasteiger charge is 2.17. The number of esters is 1. The Kier molecular flexibility index (Phi) is 5.19. The molecule has 2 heterocycles. The van der Waals surface area contributed by atoms with Crippen LogP contribution in [0.3, 0.4) is 0 Å². The van der Waals surface area contributed by atoms with Crippen molar-refractivity contribution in [1.82, 2.24) is 19.6 Å². The second kappa shape index (κ2) is 6.95. The first-order valence-corrected chi connectivity index (χ1v) is 8.31. The number of hydrogen-bond donors (Lipinski definition) is 1. The molecule has 0 aliphatic carbocycles. The third-order valence-corrected chi connectivity index (χ3v) is 4.04. The average Bonchev–Trinajstić information content (AvgIpc) is 2.90. The van der Waals surface area contributed by atoms with Crippen LogP contribution in [0.4, 0.5) is 0 Å². The largest absolute Gasteiger partial charge is 0.453 e. The van der Waals surface area contributed by atoms with Gasteiger partial charge in [-0.3, -0.25) is 9.59 Å². The van der Waals surface area contributed by atoms with E-state index < -0.39 is 18.0 Å². The van der Waals surface area contributed by atoms with Gasteiger partial charge < -0.3 is 10.5 Å². The van der Waals surface area contributed by atoms with E-state index in [1.165, 1.54) is 18.7 Å². The van der Waals surface area contributed by atoms with Gasteiger partial charge in [-0.1, -0.05) is 11.8 Å². The number of carbonyl (C=O) groups is 2. The molecule has 2 aromatic rings. The molecule has 0 aromatic carbocycles. The quantitative estimate of drug-likeness (QED) is 0.613. The molecule has 0 aliphatic heterocycles. The normalized spacial score (nSPS) is 12.3. The maximum atomic E-state index is 11.8. The van der Waals surface area contributed by atoms with Crippen molar-refractivity contribution in [2.45, 2.75) is 44.9 Å². The minimum absolute atomic E-state index is 0.135. The van der Waals surface area contributed by atoms with Gasteiger partial charge in [0.15, 0.2) is 6.10 Å². The van der Waals surface area contributed by atoms with Gasteiger partial charge in [0.25, 0.3) is 11.7 Å². The molecule has 2 aromatic heterocycles. The number of hydrogen-bond acceptors (Lipinski definition) is 7. The third-order valence-electron chi connectivity index (χ3n) is 3.50. The summed E-state index contributed by atoms with van der Waals surface area (Å²) in [6.45, 7) is 5.23. The number of aromatic nitrogens is 4. The number of aryl methyl sites for hydroxylation is 2. The summed E-state index contributed by atoms with van der Waals surface area (Å²) in [4.78, 5) is 31.4. The number of nitrogens with zero attached hydrogens (tertiary/aromatic N) is 4. The summed E-state index contributed by atoms with van der Waals surface area (Å²) in [6, 6.07) is 0. The molecule has 0 aliphatic rings. The molecular formula is C14H19N5O3S. The monoisotopic (exact) mass is 337 g/mol. The van der Waals surface area contributed by atoms with Gasteiger partial charge >= 0.3 is 5.97 Å². The van der Waals surface area contributed by atoms with Crippen LogP contribution in [0, 0.1) is 13.8 Å². The fourth-order valence-electron chi connectivity index (χ4n) is 2.18. The number of thioether (sulfide) groups is 1. The molecule has 1 atom stereocenters. The molecule has 1 amide bonds. The van der Waals surface area contributed by atoms with E-state index in [0.717, 1.165) is 17.0 Å². The fourth-order valence-corrected chi connectivity index (χ4v) is 2.52. The molecule has 124 valence electrons. The Morgan fingerprint density at radius 3 is 2.65 bits per heavy atom. The highest BCUT2D eigenvalue weighted by Crippen LogP contribution is 2.18. The van der Waals surface area contributed by atoms with Crippen LogP contribution in [0.15, 0.2) is 5.16 Å². The second-order valence-corrected chi connectivity index (χ2v) is 5.88. The van der Waals surface area contributed by atoms with E-state index in [4.69, 9.17) is 10.5 Å². The number of carbonyl (C=O) groups excluding carboxylic acids is 2. The van der Waals surface area contributed by atoms with Gasteiger partial charge in [-0.05, 0) is 39.0 Å². The van der Waals surface area contributed by atoms with Crippen LogP contribution >= 0.6 is 11.8 Å². The summed E-state index contributed by atoms with van der Waals surface area (Å²) < 4.78 is 6.62. The summed E-state index contributed by atoms with van der Waals surface area (Å²) >= 11 is 1.44. The van der Waals surface area contributed by atoms with Crippen molar-refractivity contribution in [3.63, 3.8) is 0 Å². The maximum absolute atomic E-state index is 11.8. The van der Waals surface area contributed by atoms with Crippen LogP contribution < -0.4 is 5.73 Å². The van der Waals surface area contributed by atoms with Gasteiger partial charge in [-0.2, -0.15) is 4.98 Å². The summed E-state index contributed by atoms with van der Waals surface area (Å²) in [5.74, 6) is -0.599. The van der Waals surface area contributed by atoms with Crippen molar-refractivity contribution in [1.29, 1.82) is 0 Å². The van der Waals surface area contributed by atoms with Gasteiger partial charge in [0, 0.05) is 17.8 Å². The smallest absolute Gasteiger partial charge is 0.306 e. The molecular weight excluding hydrogens is 318 g/mol. The highest BCUT2D eigenvalue weighted by atomic mass is 32.2. The average molecular weight is 337 g/mol. The molecule has 2 N–H and O–H groups in total. The molecule has 0 saturated heterocycles. The Hall–Kier alpha value is -2.16. The van der Waals surface area contributed by atoms with Gasteiger partial charge in [0.05, 0.1) is 0 Å². The van der Waals surface area contributed by atoms with E-state index in [1.54, 1.807) is 4.52 Å². The summed E-state index contributed by atoms with van der Waals surface area (Å²) in [5.41, 5.74) is 7.67. The Bertz CT molecular complexity index is 758. The minimum atomic E-state index is -0.926. The molecule has 0 spiro atoms. The van der Waals surface area contributed by atoms with Crippen LogP contribution in [0.25, 0.3) is 5.78 Å². The number of ether oxygens (including phenoxy) is 1. The zero-order chi connectivity index (χ0) is 17.1. The number of amides is 1. The van der Waals surface area contributed by atoms with Crippen LogP contribution in [0.1, 0.15) is 30.3 Å². The van der Waals surface area contributed by atoms with E-state index in [1.807, 2.05) is 20.1 Å². The second-order valence-electron chi connectivity index (χ2n) is 5.11. The van der Waals surface area contributed by atoms with Crippen molar-refractivity contribution in [3.05, 3.63) is 17.0 Å². The lowest BCUT2D eigenvalue weighted by molar-refractivity contribution is -0.153. The number of primary amides is 1. The van der Waals surface area contributed by atoms with E-state index in [2.05, 4.69) is 15.1 Å². The van der Waals surface area contributed by atoms with Crippen molar-refractivity contribution in [2.75, 3.05) is 6.26 Å². The van der Waals surface area contributed by atoms with E-state index in [0.29, 0.717) is 17.4 Å². The lowest BCUT2D eigenvalue weighted by Gasteiger charge is -2.12. The van der Waals surface area contributed by atoms with Crippen LogP contribution in [0.5, 0.6) is 0 Å². The Balaban J connectivity index is 2.16. The standard InChI is InChI=1S/C14H19N5O3S/c1-7-10(5-6-11(20)22-9(3)12(15)21)8(2)19-13(16-7)17-14(18-19)23-4/h9H,5-6H2,1-4H3,(H2,15,21)/t9-/m1/s1. The molecule has 0 fully saturated rings. The molecule has 0 bridgehead atoms. The van der Waals surface area contributed by atoms with Crippen molar-refractivity contribution in [2.24, 2.45) is 5.73 Å². The van der Waals surface area contributed by atoms with Crippen molar-refractivity contribution in [3.8, 4) is 0 Å². The number of rotatable bonds is 6. The number of fused-ring (bicyclic) bond motifs is 1. The van der Waals surface area contributed by atoms with Gasteiger partial charge in [-0.25, -0.2) is 9.50 Å². The first-order chi connectivity index (χ1) is 10.8. The van der Waals surface area contributed by atoms with Crippen LogP contribution in [0.2, 0.25) is 0 Å². The molecule has 2 rings (SSSR count). The fraction of sp³-hybridized carbons (Fsp3) is 0.500. The zero-order valence-electron chi connectivity index (χ0n) is 13.5. The van der Waals surface area contributed by atoms with Gasteiger partial charge in [0.1, 0.15) is 0 Å². The predicted octanol–water partition coefficient (Wildman–Crippen LogP) is 0.813. The minimum Gasteiger partial charge on any atom is -0.453 e. The molecule has 8 nitrogen and oxygen atoms in total. The predicted molar refractivity (Wildman–Crippen MR) is 85.1 cm³/mol. The summed E-state index contributed by atoms with van der Waals surface area (Å²) in [7, 11) is 0. The zero-order valence-corrected chi connectivity index (χ0v) is 14.3. The summed E-state index contributed by atoms with van der Waals surface area (Å²) in [5, 5.41) is 5.01. The van der Waals surface area contributed by atoms with Gasteiger partial charge in [-0.15, -0.1) is 5.10 Å². The van der Waals surface area contributed by atoms with Crippen LogP contribution in [-0.4, -0.2) is 43.8 Å². The number of nitrogens with two attached hydrogens (primary N) is 1. The van der Waals surface area contributed by atoms with Gasteiger partial charge in [0.2, 0.25) is 5.16 Å². The maximum Gasteiger partial charge on any atom is 0.306 e. The molecule has 0 unspecified atom stereocenters. The SMILES string of the molecule is CSc1nc2nc(C)c(CCC(=O)O[C@H](C)C(N)=O)c(C)n2n1. The Morgan fingerprint density at radius 1 is 1.35 bits per heavy atom. The van der Waals surface area contributed by atoms with Crippen LogP contribution in [-0.2, 0) is 20.7 Å². The molecule has 9 heteroatoms. The highest BCUT2D eigenvalue weighted by molar-refractivity contribution is 7.98. The first-order valence-electron chi connectivity index (χ1n) is 7.09. The molecule has 0 saturated carbocycles. The van der Waals surface area contributed by atoms with E-state index in [9.17, 15) is 9.59 Å². The Morgan fingerprint density at radius 2 is 2.04 bits per heavy atom. The van der Waals surface area contributed by atoms with Crippen molar-refractivity contribution < 1.29 is 14.3 Å². The molecule has 23 heavy (non-hydrogen) atoms. The van der Waals surface area contributed by atoms with E-state index in [-0.39, 0.29) is 6.42 Å². The molecule has 0 radical (unpaired) electrons. The lowest BCUT2D eigenvalue weighted by Crippen LogP contribution is -2.30.